The fourth-order valence-electron chi connectivity index (χ4n) is 0.644. The predicted octanol–water partition coefficient (Wildman–Crippen LogP) is 0.445. The van der Waals surface area contributed by atoms with Crippen molar-refractivity contribution >= 4 is 17.1 Å². The molecule has 0 aromatic rings. The van der Waals surface area contributed by atoms with Crippen LogP contribution < -0.4 is 11.5 Å². The second-order valence-corrected chi connectivity index (χ2v) is 2.45. The van der Waals surface area contributed by atoms with Crippen LogP contribution in [0.5, 0.6) is 0 Å². The molecule has 1 aliphatic carbocycles. The molecule has 0 amide bonds. The van der Waals surface area contributed by atoms with E-state index >= 15 is 0 Å². The zero-order valence-corrected chi connectivity index (χ0v) is 5.74. The lowest BCUT2D eigenvalue weighted by molar-refractivity contribution is 1.20. The molecule has 2 nitrogen and oxygen atoms in total. The molecular formula is C6H8N2S. The Morgan fingerprint density at radius 2 is 2.00 bits per heavy atom. The van der Waals surface area contributed by atoms with E-state index in [1.807, 2.05) is 6.08 Å². The quantitative estimate of drug-likeness (QED) is 0.480. The fraction of sp³-hybridized carbons (Fsp3) is 0.167. The van der Waals surface area contributed by atoms with Crippen molar-refractivity contribution in [2.24, 2.45) is 11.5 Å². The number of nitrogens with two attached hydrogens (primary N) is 2. The van der Waals surface area contributed by atoms with E-state index in [0.717, 1.165) is 11.3 Å². The predicted molar refractivity (Wildman–Crippen MR) is 41.8 cm³/mol. The minimum Gasteiger partial charge on any atom is -0.397 e. The van der Waals surface area contributed by atoms with Gasteiger partial charge in [-0.1, -0.05) is 18.3 Å². The highest BCUT2D eigenvalue weighted by Gasteiger charge is 2.02. The minimum atomic E-state index is 0.589. The molecule has 1 aliphatic rings. The molecule has 0 spiro atoms. The van der Waals surface area contributed by atoms with Gasteiger partial charge >= 0.3 is 0 Å². The molecule has 48 valence electrons. The molecule has 1 rings (SSSR count). The zero-order chi connectivity index (χ0) is 6.85. The van der Waals surface area contributed by atoms with Gasteiger partial charge in [0.05, 0.1) is 11.4 Å². The molecule has 0 unspecified atom stereocenters. The van der Waals surface area contributed by atoms with E-state index in [2.05, 4.69) is 0 Å². The molecule has 0 aromatic carbocycles. The van der Waals surface area contributed by atoms with Crippen LogP contribution in [0.25, 0.3) is 0 Å². The lowest BCUT2D eigenvalue weighted by Crippen LogP contribution is -2.14. The van der Waals surface area contributed by atoms with E-state index in [-0.39, 0.29) is 0 Å². The summed E-state index contributed by atoms with van der Waals surface area (Å²) < 4.78 is 0. The van der Waals surface area contributed by atoms with E-state index in [1.165, 1.54) is 0 Å². The van der Waals surface area contributed by atoms with Crippen LogP contribution in [0.2, 0.25) is 0 Å². The Labute approximate surface area is 59.2 Å². The third-order valence-corrected chi connectivity index (χ3v) is 1.46. The third kappa shape index (κ3) is 1.29. The van der Waals surface area contributed by atoms with E-state index in [4.69, 9.17) is 23.7 Å². The molecule has 0 saturated heterocycles. The summed E-state index contributed by atoms with van der Waals surface area (Å²) in [5.74, 6) is 0. The molecule has 0 fully saturated rings. The van der Waals surface area contributed by atoms with Crippen molar-refractivity contribution < 1.29 is 0 Å². The van der Waals surface area contributed by atoms with Crippen LogP contribution >= 0.6 is 12.2 Å². The van der Waals surface area contributed by atoms with Gasteiger partial charge in [0, 0.05) is 11.3 Å². The summed E-state index contributed by atoms with van der Waals surface area (Å²) in [6.07, 6.45) is 4.31. The average molecular weight is 140 g/mol. The van der Waals surface area contributed by atoms with Gasteiger partial charge in [-0.15, -0.1) is 0 Å². The van der Waals surface area contributed by atoms with Gasteiger partial charge in [-0.2, -0.15) is 0 Å². The normalized spacial score (nSPS) is 18.9. The lowest BCUT2D eigenvalue weighted by atomic mass is 10.1. The van der Waals surface area contributed by atoms with Crippen molar-refractivity contribution in [3.05, 3.63) is 23.5 Å². The number of hydrogen-bond acceptors (Lipinski definition) is 3. The Bertz CT molecular complexity index is 203. The first kappa shape index (κ1) is 6.29. The van der Waals surface area contributed by atoms with Crippen molar-refractivity contribution in [1.82, 2.24) is 0 Å². The molecule has 3 heteroatoms. The maximum absolute atomic E-state index is 5.45. The van der Waals surface area contributed by atoms with Crippen LogP contribution in [0.4, 0.5) is 0 Å². The van der Waals surface area contributed by atoms with Crippen LogP contribution in [0.3, 0.4) is 0 Å². The highest BCUT2D eigenvalue weighted by molar-refractivity contribution is 7.80. The summed E-state index contributed by atoms with van der Waals surface area (Å²) in [6, 6.07) is 0. The van der Waals surface area contributed by atoms with Crippen molar-refractivity contribution in [3.63, 3.8) is 0 Å². The van der Waals surface area contributed by atoms with Crippen molar-refractivity contribution in [1.29, 1.82) is 0 Å². The van der Waals surface area contributed by atoms with Gasteiger partial charge in [-0.05, 0) is 6.08 Å². The van der Waals surface area contributed by atoms with Gasteiger partial charge in [0.2, 0.25) is 0 Å². The monoisotopic (exact) mass is 140 g/mol. The molecular weight excluding hydrogens is 132 g/mol. The maximum Gasteiger partial charge on any atom is 0.0555 e. The standard InChI is InChI=1S/C6H8N2S/c7-5-2-1-4(9)3-6(5)8/h2-3H,1,7-8H2. The number of thiocarbonyl (C=S) groups is 1. The summed E-state index contributed by atoms with van der Waals surface area (Å²) in [6.45, 7) is 0. The molecule has 0 saturated carbocycles. The van der Waals surface area contributed by atoms with Gasteiger partial charge in [0.25, 0.3) is 0 Å². The lowest BCUT2D eigenvalue weighted by Gasteiger charge is -2.06. The van der Waals surface area contributed by atoms with Crippen molar-refractivity contribution in [2.45, 2.75) is 6.42 Å². The minimum absolute atomic E-state index is 0.589. The molecule has 9 heavy (non-hydrogen) atoms. The third-order valence-electron chi connectivity index (χ3n) is 1.17. The Hall–Kier alpha value is -0.830. The van der Waals surface area contributed by atoms with Gasteiger partial charge in [0.15, 0.2) is 0 Å². The number of allylic oxidation sites excluding steroid dienone is 2. The van der Waals surface area contributed by atoms with Gasteiger partial charge in [-0.3, -0.25) is 0 Å². The van der Waals surface area contributed by atoms with Gasteiger partial charge in [0.1, 0.15) is 0 Å². The fourth-order valence-corrected chi connectivity index (χ4v) is 0.854. The highest BCUT2D eigenvalue weighted by Crippen LogP contribution is 2.07. The van der Waals surface area contributed by atoms with E-state index in [0.29, 0.717) is 11.4 Å². The number of hydrogen-bond donors (Lipinski definition) is 2. The summed E-state index contributed by atoms with van der Waals surface area (Å²) in [7, 11) is 0. The van der Waals surface area contributed by atoms with Crippen LogP contribution in [0.1, 0.15) is 6.42 Å². The highest BCUT2D eigenvalue weighted by atomic mass is 32.1. The molecule has 0 atom stereocenters. The summed E-state index contributed by atoms with van der Waals surface area (Å²) in [5.41, 5.74) is 12.1. The maximum atomic E-state index is 5.45. The number of rotatable bonds is 0. The SMILES string of the molecule is NC1=CCC(=S)C=C1N. The van der Waals surface area contributed by atoms with Crippen molar-refractivity contribution in [2.75, 3.05) is 0 Å². The Balaban J connectivity index is 2.87. The van der Waals surface area contributed by atoms with Crippen LogP contribution in [-0.2, 0) is 0 Å². The Morgan fingerprint density at radius 1 is 1.33 bits per heavy atom. The summed E-state index contributed by atoms with van der Waals surface area (Å²) in [5, 5.41) is 0. The first-order valence-corrected chi connectivity index (χ1v) is 3.07. The second-order valence-electron chi connectivity index (χ2n) is 1.93. The molecule has 0 radical (unpaired) electrons. The first-order valence-electron chi connectivity index (χ1n) is 2.66. The largest absolute Gasteiger partial charge is 0.397 e. The molecule has 0 heterocycles. The van der Waals surface area contributed by atoms with Gasteiger partial charge in [-0.25, -0.2) is 0 Å². The smallest absolute Gasteiger partial charge is 0.0555 e. The summed E-state index contributed by atoms with van der Waals surface area (Å²) in [4.78, 5) is 0.849. The summed E-state index contributed by atoms with van der Waals surface area (Å²) >= 11 is 4.88. The molecule has 0 aromatic heterocycles. The first-order chi connectivity index (χ1) is 4.20. The van der Waals surface area contributed by atoms with Crippen LogP contribution in [-0.4, -0.2) is 4.86 Å². The molecule has 0 aliphatic heterocycles. The van der Waals surface area contributed by atoms with E-state index in [9.17, 15) is 0 Å². The van der Waals surface area contributed by atoms with Crippen LogP contribution in [0.15, 0.2) is 23.5 Å². The van der Waals surface area contributed by atoms with E-state index < -0.39 is 0 Å². The Kier molecular flexibility index (Phi) is 1.53. The second kappa shape index (κ2) is 2.19. The zero-order valence-electron chi connectivity index (χ0n) is 4.92. The molecule has 4 N–H and O–H groups in total. The average Bonchev–Trinajstić information content (AvgIpc) is 1.80. The van der Waals surface area contributed by atoms with Crippen molar-refractivity contribution in [3.8, 4) is 0 Å². The Morgan fingerprint density at radius 3 is 2.44 bits per heavy atom. The van der Waals surface area contributed by atoms with Crippen LogP contribution in [0, 0.1) is 0 Å². The van der Waals surface area contributed by atoms with E-state index in [1.54, 1.807) is 6.08 Å². The molecule has 0 bridgehead atoms. The van der Waals surface area contributed by atoms with Gasteiger partial charge < -0.3 is 11.5 Å². The topological polar surface area (TPSA) is 52.0 Å².